The van der Waals surface area contributed by atoms with Crippen molar-refractivity contribution in [3.8, 4) is 0 Å². The van der Waals surface area contributed by atoms with Crippen LogP contribution in [0, 0.1) is 0 Å². The number of ether oxygens (including phenoxy) is 1. The summed E-state index contributed by atoms with van der Waals surface area (Å²) in [6.45, 7) is 7.06. The zero-order valence-corrected chi connectivity index (χ0v) is 11.8. The average Bonchev–Trinajstić information content (AvgIpc) is 3.24. The zero-order chi connectivity index (χ0) is 13.2. The molecule has 1 aliphatic heterocycles. The monoisotopic (exact) mass is 261 g/mol. The van der Waals surface area contributed by atoms with Gasteiger partial charge in [-0.2, -0.15) is 0 Å². The summed E-state index contributed by atoms with van der Waals surface area (Å²) in [7, 11) is 0. The van der Waals surface area contributed by atoms with Crippen LogP contribution in [0.3, 0.4) is 0 Å². The van der Waals surface area contributed by atoms with Crippen molar-refractivity contribution in [1.29, 1.82) is 0 Å². The molecule has 19 heavy (non-hydrogen) atoms. The second-order valence-electron chi connectivity index (χ2n) is 5.80. The molecule has 2 heterocycles. The summed E-state index contributed by atoms with van der Waals surface area (Å²) >= 11 is 0. The van der Waals surface area contributed by atoms with Gasteiger partial charge in [0.05, 0.1) is 12.7 Å². The highest BCUT2D eigenvalue weighted by atomic mass is 16.5. The summed E-state index contributed by atoms with van der Waals surface area (Å²) < 4.78 is 5.72. The maximum atomic E-state index is 5.72. The van der Waals surface area contributed by atoms with Gasteiger partial charge in [-0.15, -0.1) is 0 Å². The van der Waals surface area contributed by atoms with Crippen molar-refractivity contribution in [1.82, 2.24) is 10.3 Å². The molecule has 2 aliphatic rings. The first-order chi connectivity index (χ1) is 9.24. The summed E-state index contributed by atoms with van der Waals surface area (Å²) in [5.41, 5.74) is 2.61. The number of morpholine rings is 1. The Labute approximate surface area is 115 Å². The molecule has 0 radical (unpaired) electrons. The van der Waals surface area contributed by atoms with E-state index in [0.29, 0.717) is 12.1 Å². The van der Waals surface area contributed by atoms with E-state index in [4.69, 9.17) is 4.74 Å². The van der Waals surface area contributed by atoms with Crippen molar-refractivity contribution in [2.75, 3.05) is 18.1 Å². The molecule has 0 aromatic carbocycles. The molecular weight excluding hydrogens is 238 g/mol. The van der Waals surface area contributed by atoms with Crippen molar-refractivity contribution in [2.24, 2.45) is 0 Å². The summed E-state index contributed by atoms with van der Waals surface area (Å²) in [6, 6.07) is 3.30. The lowest BCUT2D eigenvalue weighted by Crippen LogP contribution is -2.48. The van der Waals surface area contributed by atoms with Crippen LogP contribution in [0.15, 0.2) is 18.5 Å². The lowest BCUT2D eigenvalue weighted by atomic mass is 10.1. The van der Waals surface area contributed by atoms with Gasteiger partial charge in [-0.3, -0.25) is 4.98 Å². The summed E-state index contributed by atoms with van der Waals surface area (Å²) in [5.74, 6) is 0. The molecule has 1 saturated heterocycles. The van der Waals surface area contributed by atoms with Crippen LogP contribution in [0.2, 0.25) is 0 Å². The first-order valence-corrected chi connectivity index (χ1v) is 7.28. The van der Waals surface area contributed by atoms with E-state index >= 15 is 0 Å². The van der Waals surface area contributed by atoms with E-state index in [9.17, 15) is 0 Å². The normalized spacial score (nSPS) is 27.6. The van der Waals surface area contributed by atoms with Crippen LogP contribution in [0.4, 0.5) is 5.69 Å². The molecule has 4 heteroatoms. The molecule has 1 aliphatic carbocycles. The Kier molecular flexibility index (Phi) is 3.71. The van der Waals surface area contributed by atoms with E-state index in [0.717, 1.165) is 25.7 Å². The van der Waals surface area contributed by atoms with E-state index in [2.05, 4.69) is 35.1 Å². The third kappa shape index (κ3) is 3.07. The molecule has 0 bridgehead atoms. The molecule has 2 unspecified atom stereocenters. The highest BCUT2D eigenvalue weighted by Crippen LogP contribution is 2.26. The molecular formula is C15H23N3O. The Bertz CT molecular complexity index is 433. The van der Waals surface area contributed by atoms with Crippen molar-refractivity contribution in [3.63, 3.8) is 0 Å². The molecule has 0 amide bonds. The average molecular weight is 261 g/mol. The summed E-state index contributed by atoms with van der Waals surface area (Å²) in [5, 5.41) is 3.58. The Morgan fingerprint density at radius 1 is 1.42 bits per heavy atom. The molecule has 1 aromatic rings. The number of hydrogen-bond donors (Lipinski definition) is 1. The minimum atomic E-state index is 0.300. The van der Waals surface area contributed by atoms with Crippen LogP contribution >= 0.6 is 0 Å². The van der Waals surface area contributed by atoms with Gasteiger partial charge in [-0.25, -0.2) is 0 Å². The van der Waals surface area contributed by atoms with Gasteiger partial charge in [0, 0.05) is 48.8 Å². The number of aromatic nitrogens is 1. The van der Waals surface area contributed by atoms with Gasteiger partial charge >= 0.3 is 0 Å². The molecule has 2 atom stereocenters. The van der Waals surface area contributed by atoms with Gasteiger partial charge in [0.1, 0.15) is 0 Å². The Balaban J connectivity index is 1.77. The van der Waals surface area contributed by atoms with Crippen LogP contribution in [-0.4, -0.2) is 36.3 Å². The number of rotatable bonds is 4. The quantitative estimate of drug-likeness (QED) is 0.899. The Morgan fingerprint density at radius 3 is 3.05 bits per heavy atom. The Hall–Kier alpha value is -1.13. The number of nitrogens with one attached hydrogen (secondary N) is 1. The third-order valence-corrected chi connectivity index (χ3v) is 3.95. The molecule has 2 fully saturated rings. The topological polar surface area (TPSA) is 37.4 Å². The minimum Gasteiger partial charge on any atom is -0.375 e. The van der Waals surface area contributed by atoms with Gasteiger partial charge in [-0.05, 0) is 32.8 Å². The predicted molar refractivity (Wildman–Crippen MR) is 76.3 cm³/mol. The fourth-order valence-corrected chi connectivity index (χ4v) is 2.62. The fourth-order valence-electron chi connectivity index (χ4n) is 2.62. The second kappa shape index (κ2) is 5.47. The SMILES string of the molecule is CC1CN(c2ccncc2CNC2CC2)C(C)CO1. The smallest absolute Gasteiger partial charge is 0.0723 e. The standard InChI is InChI=1S/C15H23N3O/c1-11-10-19-12(2)9-18(11)15-5-6-16-7-13(15)8-17-14-3-4-14/h5-7,11-12,14,17H,3-4,8-10H2,1-2H3. The van der Waals surface area contributed by atoms with Crippen molar-refractivity contribution in [3.05, 3.63) is 24.0 Å². The van der Waals surface area contributed by atoms with E-state index in [1.807, 2.05) is 12.4 Å². The highest BCUT2D eigenvalue weighted by molar-refractivity contribution is 5.53. The molecule has 1 N–H and O–H groups in total. The summed E-state index contributed by atoms with van der Waals surface area (Å²) in [6.07, 6.45) is 6.83. The van der Waals surface area contributed by atoms with E-state index in [1.165, 1.54) is 24.1 Å². The van der Waals surface area contributed by atoms with Crippen molar-refractivity contribution >= 4 is 5.69 Å². The van der Waals surface area contributed by atoms with Gasteiger partial charge in [0.2, 0.25) is 0 Å². The van der Waals surface area contributed by atoms with Crippen molar-refractivity contribution < 1.29 is 4.74 Å². The first-order valence-electron chi connectivity index (χ1n) is 7.28. The predicted octanol–water partition coefficient (Wildman–Crippen LogP) is 1.95. The molecule has 104 valence electrons. The summed E-state index contributed by atoms with van der Waals surface area (Å²) in [4.78, 5) is 6.74. The minimum absolute atomic E-state index is 0.300. The van der Waals surface area contributed by atoms with Gasteiger partial charge in [0.15, 0.2) is 0 Å². The second-order valence-corrected chi connectivity index (χ2v) is 5.80. The molecule has 1 aromatic heterocycles. The van der Waals surface area contributed by atoms with Crippen LogP contribution < -0.4 is 10.2 Å². The van der Waals surface area contributed by atoms with E-state index in [-0.39, 0.29) is 0 Å². The zero-order valence-electron chi connectivity index (χ0n) is 11.8. The van der Waals surface area contributed by atoms with Gasteiger partial charge in [0.25, 0.3) is 0 Å². The fraction of sp³-hybridized carbons (Fsp3) is 0.667. The van der Waals surface area contributed by atoms with Crippen LogP contribution in [0.25, 0.3) is 0 Å². The number of nitrogens with zero attached hydrogens (tertiary/aromatic N) is 2. The van der Waals surface area contributed by atoms with Crippen LogP contribution in [0.1, 0.15) is 32.3 Å². The lowest BCUT2D eigenvalue weighted by Gasteiger charge is -2.39. The molecule has 3 rings (SSSR count). The van der Waals surface area contributed by atoms with Gasteiger partial charge in [-0.1, -0.05) is 0 Å². The lowest BCUT2D eigenvalue weighted by molar-refractivity contribution is 0.0343. The van der Waals surface area contributed by atoms with Crippen LogP contribution in [0.5, 0.6) is 0 Å². The third-order valence-electron chi connectivity index (χ3n) is 3.95. The maximum Gasteiger partial charge on any atom is 0.0723 e. The highest BCUT2D eigenvalue weighted by Gasteiger charge is 2.26. The number of anilines is 1. The van der Waals surface area contributed by atoms with E-state index < -0.39 is 0 Å². The first kappa shape index (κ1) is 12.9. The molecule has 0 spiro atoms. The van der Waals surface area contributed by atoms with Crippen LogP contribution in [-0.2, 0) is 11.3 Å². The largest absolute Gasteiger partial charge is 0.375 e. The molecule has 1 saturated carbocycles. The molecule has 4 nitrogen and oxygen atoms in total. The van der Waals surface area contributed by atoms with Gasteiger partial charge < -0.3 is 15.0 Å². The van der Waals surface area contributed by atoms with E-state index in [1.54, 1.807) is 0 Å². The Morgan fingerprint density at radius 2 is 2.26 bits per heavy atom. The number of hydrogen-bond acceptors (Lipinski definition) is 4. The maximum absolute atomic E-state index is 5.72. The van der Waals surface area contributed by atoms with Crippen molar-refractivity contribution in [2.45, 2.75) is 51.4 Å². The number of pyridine rings is 1.